The average molecular weight is 221 g/mol. The van der Waals surface area contributed by atoms with Gasteiger partial charge in [0.25, 0.3) is 11.6 Å². The number of hydrazone groups is 1. The van der Waals surface area contributed by atoms with Crippen molar-refractivity contribution in [3.8, 4) is 0 Å². The number of hydrogen-bond donors (Lipinski definition) is 1. The molecule has 6 nitrogen and oxygen atoms in total. The van der Waals surface area contributed by atoms with Crippen LogP contribution < -0.4 is 5.43 Å². The largest absolute Gasteiger partial charge is 0.271 e. The van der Waals surface area contributed by atoms with Crippen molar-refractivity contribution >= 4 is 17.3 Å². The van der Waals surface area contributed by atoms with Gasteiger partial charge in [-0.1, -0.05) is 6.07 Å². The van der Waals surface area contributed by atoms with Gasteiger partial charge >= 0.3 is 0 Å². The molecule has 0 bridgehead atoms. The molecule has 0 saturated heterocycles. The number of carbonyl (C=O) groups excluding carboxylic acids is 1. The molecule has 16 heavy (non-hydrogen) atoms. The zero-order chi connectivity index (χ0) is 12.1. The minimum atomic E-state index is -0.550. The third kappa shape index (κ3) is 3.16. The molecule has 0 saturated carbocycles. The average Bonchev–Trinajstić information content (AvgIpc) is 2.26. The number of carbonyl (C=O) groups is 1. The van der Waals surface area contributed by atoms with Gasteiger partial charge in [0.05, 0.1) is 4.92 Å². The molecule has 0 aliphatic heterocycles. The van der Waals surface area contributed by atoms with Crippen LogP contribution in [0.4, 0.5) is 5.69 Å². The standard InChI is InChI=1S/C10H11N3O3/c1-7(2)11-12-10(14)8-4-3-5-9(6-8)13(15)16/h3-6H,1-2H3,(H,12,14). The van der Waals surface area contributed by atoms with E-state index in [0.29, 0.717) is 5.71 Å². The Morgan fingerprint density at radius 2 is 2.12 bits per heavy atom. The SMILES string of the molecule is CC(C)=NNC(=O)c1cccc([N+](=O)[O-])c1. The molecule has 1 amide bonds. The monoisotopic (exact) mass is 221 g/mol. The van der Waals surface area contributed by atoms with Gasteiger partial charge in [-0.3, -0.25) is 14.9 Å². The van der Waals surface area contributed by atoms with Crippen LogP contribution in [0.5, 0.6) is 0 Å². The molecule has 0 fully saturated rings. The van der Waals surface area contributed by atoms with E-state index in [1.807, 2.05) is 0 Å². The van der Waals surface area contributed by atoms with Crippen molar-refractivity contribution in [3.05, 3.63) is 39.9 Å². The van der Waals surface area contributed by atoms with Gasteiger partial charge in [-0.05, 0) is 19.9 Å². The normalized spacial score (nSPS) is 9.38. The molecule has 84 valence electrons. The smallest absolute Gasteiger partial charge is 0.267 e. The minimum absolute atomic E-state index is 0.121. The number of nitro groups is 1. The summed E-state index contributed by atoms with van der Waals surface area (Å²) in [5.74, 6) is -0.468. The number of nitrogens with zero attached hydrogens (tertiary/aromatic N) is 2. The second kappa shape index (κ2) is 5.01. The van der Waals surface area contributed by atoms with E-state index in [9.17, 15) is 14.9 Å². The van der Waals surface area contributed by atoms with Gasteiger partial charge in [0.15, 0.2) is 0 Å². The zero-order valence-corrected chi connectivity index (χ0v) is 8.93. The lowest BCUT2D eigenvalue weighted by Crippen LogP contribution is -2.18. The molecule has 1 N–H and O–H groups in total. The van der Waals surface area contributed by atoms with E-state index >= 15 is 0 Å². The van der Waals surface area contributed by atoms with Crippen LogP contribution in [0.1, 0.15) is 24.2 Å². The van der Waals surface area contributed by atoms with Crippen molar-refractivity contribution in [1.29, 1.82) is 0 Å². The molecular weight excluding hydrogens is 210 g/mol. The second-order valence-electron chi connectivity index (χ2n) is 3.31. The van der Waals surface area contributed by atoms with Crippen LogP contribution in [0.2, 0.25) is 0 Å². The number of nitro benzene ring substituents is 1. The molecule has 0 spiro atoms. The van der Waals surface area contributed by atoms with Gasteiger partial charge in [0, 0.05) is 23.4 Å². The van der Waals surface area contributed by atoms with Gasteiger partial charge in [-0.15, -0.1) is 0 Å². The molecule has 1 rings (SSSR count). The first-order valence-corrected chi connectivity index (χ1v) is 4.56. The maximum atomic E-state index is 11.5. The van der Waals surface area contributed by atoms with E-state index < -0.39 is 10.8 Å². The number of non-ortho nitro benzene ring substituents is 1. The Bertz CT molecular complexity index is 450. The Morgan fingerprint density at radius 1 is 1.44 bits per heavy atom. The molecule has 0 aromatic heterocycles. The van der Waals surface area contributed by atoms with Crippen molar-refractivity contribution in [2.45, 2.75) is 13.8 Å². The quantitative estimate of drug-likeness (QED) is 0.479. The third-order valence-electron chi connectivity index (χ3n) is 1.70. The summed E-state index contributed by atoms with van der Waals surface area (Å²) in [5.41, 5.74) is 3.07. The number of nitrogens with one attached hydrogen (secondary N) is 1. The van der Waals surface area contributed by atoms with Crippen LogP contribution in [0, 0.1) is 10.1 Å². The van der Waals surface area contributed by atoms with Gasteiger partial charge in [0.1, 0.15) is 0 Å². The number of amides is 1. The molecule has 0 aliphatic carbocycles. The summed E-state index contributed by atoms with van der Waals surface area (Å²) in [6, 6.07) is 5.47. The lowest BCUT2D eigenvalue weighted by molar-refractivity contribution is -0.384. The predicted molar refractivity (Wildman–Crippen MR) is 59.3 cm³/mol. The van der Waals surface area contributed by atoms with Crippen LogP contribution in [0.3, 0.4) is 0 Å². The van der Waals surface area contributed by atoms with Crippen molar-refractivity contribution in [2.75, 3.05) is 0 Å². The second-order valence-corrected chi connectivity index (χ2v) is 3.31. The summed E-state index contributed by atoms with van der Waals surface area (Å²) < 4.78 is 0. The summed E-state index contributed by atoms with van der Waals surface area (Å²) in [7, 11) is 0. The van der Waals surface area contributed by atoms with Crippen molar-refractivity contribution in [2.24, 2.45) is 5.10 Å². The Labute approximate surface area is 92.1 Å². The molecular formula is C10H11N3O3. The number of benzene rings is 1. The number of hydrogen-bond acceptors (Lipinski definition) is 4. The Kier molecular flexibility index (Phi) is 3.71. The van der Waals surface area contributed by atoms with E-state index in [0.717, 1.165) is 0 Å². The molecule has 1 aromatic rings. The van der Waals surface area contributed by atoms with Crippen LogP contribution in [-0.2, 0) is 0 Å². The van der Waals surface area contributed by atoms with Gasteiger partial charge in [-0.25, -0.2) is 5.43 Å². The third-order valence-corrected chi connectivity index (χ3v) is 1.70. The van der Waals surface area contributed by atoms with Crippen molar-refractivity contribution in [1.82, 2.24) is 5.43 Å². The molecule has 0 atom stereocenters. The molecule has 0 unspecified atom stereocenters. The fourth-order valence-corrected chi connectivity index (χ4v) is 0.988. The van der Waals surface area contributed by atoms with Crippen molar-refractivity contribution < 1.29 is 9.72 Å². The van der Waals surface area contributed by atoms with Crippen LogP contribution >= 0.6 is 0 Å². The molecule has 0 heterocycles. The predicted octanol–water partition coefficient (Wildman–Crippen LogP) is 1.72. The van der Waals surface area contributed by atoms with E-state index in [1.54, 1.807) is 13.8 Å². The van der Waals surface area contributed by atoms with Crippen LogP contribution in [0.25, 0.3) is 0 Å². The topological polar surface area (TPSA) is 84.6 Å². The van der Waals surface area contributed by atoms with Gasteiger partial charge in [0.2, 0.25) is 0 Å². The fourth-order valence-electron chi connectivity index (χ4n) is 0.988. The first-order chi connectivity index (χ1) is 7.50. The Hall–Kier alpha value is -2.24. The van der Waals surface area contributed by atoms with Crippen molar-refractivity contribution in [3.63, 3.8) is 0 Å². The number of rotatable bonds is 3. The summed E-state index contributed by atoms with van der Waals surface area (Å²) in [5, 5.41) is 14.2. The van der Waals surface area contributed by atoms with Crippen LogP contribution in [0.15, 0.2) is 29.4 Å². The summed E-state index contributed by atoms with van der Waals surface area (Å²) >= 11 is 0. The lowest BCUT2D eigenvalue weighted by atomic mass is 10.2. The minimum Gasteiger partial charge on any atom is -0.267 e. The van der Waals surface area contributed by atoms with E-state index in [4.69, 9.17) is 0 Å². The highest BCUT2D eigenvalue weighted by Crippen LogP contribution is 2.12. The highest BCUT2D eigenvalue weighted by atomic mass is 16.6. The van der Waals surface area contributed by atoms with E-state index in [1.165, 1.54) is 24.3 Å². The maximum absolute atomic E-state index is 11.5. The molecule has 1 aromatic carbocycles. The maximum Gasteiger partial charge on any atom is 0.271 e. The summed E-state index contributed by atoms with van der Waals surface area (Å²) in [6.07, 6.45) is 0. The van der Waals surface area contributed by atoms with Gasteiger partial charge in [-0.2, -0.15) is 5.10 Å². The zero-order valence-electron chi connectivity index (χ0n) is 8.93. The molecule has 0 aliphatic rings. The molecule has 6 heteroatoms. The lowest BCUT2D eigenvalue weighted by Gasteiger charge is -2.00. The fraction of sp³-hybridized carbons (Fsp3) is 0.200. The van der Waals surface area contributed by atoms with E-state index in [2.05, 4.69) is 10.5 Å². The first kappa shape index (κ1) is 11.8. The first-order valence-electron chi connectivity index (χ1n) is 4.56. The summed E-state index contributed by atoms with van der Waals surface area (Å²) in [6.45, 7) is 3.46. The molecule has 0 radical (unpaired) electrons. The highest BCUT2D eigenvalue weighted by molar-refractivity contribution is 5.95. The highest BCUT2D eigenvalue weighted by Gasteiger charge is 2.10. The Balaban J connectivity index is 2.88. The Morgan fingerprint density at radius 3 is 2.69 bits per heavy atom. The summed E-state index contributed by atoms with van der Waals surface area (Å²) in [4.78, 5) is 21.4. The van der Waals surface area contributed by atoms with E-state index in [-0.39, 0.29) is 11.3 Å². The van der Waals surface area contributed by atoms with Gasteiger partial charge < -0.3 is 0 Å². The van der Waals surface area contributed by atoms with Crippen LogP contribution in [-0.4, -0.2) is 16.5 Å².